The third-order valence-electron chi connectivity index (χ3n) is 4.22. The molecule has 0 aliphatic heterocycles. The molecule has 0 unspecified atom stereocenters. The summed E-state index contributed by atoms with van der Waals surface area (Å²) in [6.45, 7) is 4.42. The predicted molar refractivity (Wildman–Crippen MR) is 82.8 cm³/mol. The third-order valence-corrected chi connectivity index (χ3v) is 5.66. The lowest BCUT2D eigenvalue weighted by atomic mass is 9.79. The van der Waals surface area contributed by atoms with E-state index in [1.165, 1.54) is 18.2 Å². The maximum atomic E-state index is 12.8. The highest BCUT2D eigenvalue weighted by Gasteiger charge is 2.30. The molecule has 0 spiro atoms. The number of nitrogens with one attached hydrogen (secondary N) is 1. The fourth-order valence-electron chi connectivity index (χ4n) is 2.42. The van der Waals surface area contributed by atoms with Crippen molar-refractivity contribution in [3.63, 3.8) is 0 Å². The van der Waals surface area contributed by atoms with Crippen LogP contribution in [0.2, 0.25) is 0 Å². The van der Waals surface area contributed by atoms with Gasteiger partial charge >= 0.3 is 5.76 Å². The molecule has 0 radical (unpaired) electrons. The highest BCUT2D eigenvalue weighted by molar-refractivity contribution is 7.91. The number of alkyl halides is 2. The van der Waals surface area contributed by atoms with Crippen LogP contribution < -0.4 is 5.32 Å². The molecule has 2 N–H and O–H groups in total. The largest absolute Gasteiger partial charge is 0.396 e. The van der Waals surface area contributed by atoms with Crippen molar-refractivity contribution in [2.45, 2.75) is 43.8 Å². The molecule has 0 aliphatic carbocycles. The van der Waals surface area contributed by atoms with Crippen LogP contribution in [0.3, 0.4) is 0 Å². The highest BCUT2D eigenvalue weighted by atomic mass is 32.2. The molecule has 0 fully saturated rings. The number of sulfone groups is 1. The summed E-state index contributed by atoms with van der Waals surface area (Å²) >= 11 is 0. The van der Waals surface area contributed by atoms with Crippen molar-refractivity contribution >= 4 is 15.5 Å². The SMILES string of the molecule is CCC(CC)(CCO)CNc1ccccc1S(=O)(=O)C(F)F. The summed E-state index contributed by atoms with van der Waals surface area (Å²) in [6.07, 6.45) is 2.15. The highest BCUT2D eigenvalue weighted by Crippen LogP contribution is 2.32. The summed E-state index contributed by atoms with van der Waals surface area (Å²) in [5.41, 5.74) is -0.0248. The molecule has 0 saturated heterocycles. The van der Waals surface area contributed by atoms with Crippen molar-refractivity contribution in [3.8, 4) is 0 Å². The van der Waals surface area contributed by atoms with Crippen molar-refractivity contribution in [2.24, 2.45) is 5.41 Å². The van der Waals surface area contributed by atoms with Crippen molar-refractivity contribution in [3.05, 3.63) is 24.3 Å². The van der Waals surface area contributed by atoms with E-state index in [4.69, 9.17) is 0 Å². The second-order valence-electron chi connectivity index (χ2n) is 5.34. The summed E-state index contributed by atoms with van der Waals surface area (Å²) in [7, 11) is -4.65. The first-order chi connectivity index (χ1) is 10.3. The Morgan fingerprint density at radius 2 is 1.82 bits per heavy atom. The zero-order chi connectivity index (χ0) is 16.8. The fraction of sp³-hybridized carbons (Fsp3) is 0.600. The average molecular weight is 335 g/mol. The lowest BCUT2D eigenvalue weighted by Crippen LogP contribution is -2.30. The van der Waals surface area contributed by atoms with Crippen molar-refractivity contribution in [1.29, 1.82) is 0 Å². The molecule has 0 amide bonds. The molecule has 0 aliphatic rings. The van der Waals surface area contributed by atoms with Gasteiger partial charge in [0.05, 0.1) is 10.6 Å². The zero-order valence-corrected chi connectivity index (χ0v) is 13.7. The van der Waals surface area contributed by atoms with Gasteiger partial charge in [0.1, 0.15) is 0 Å². The topological polar surface area (TPSA) is 66.4 Å². The van der Waals surface area contributed by atoms with Gasteiger partial charge in [-0.05, 0) is 36.8 Å². The molecule has 0 atom stereocenters. The number of benzene rings is 1. The number of para-hydroxylation sites is 1. The van der Waals surface area contributed by atoms with Gasteiger partial charge in [0.15, 0.2) is 0 Å². The third kappa shape index (κ3) is 4.16. The monoisotopic (exact) mass is 335 g/mol. The number of halogens is 2. The van der Waals surface area contributed by atoms with E-state index >= 15 is 0 Å². The minimum atomic E-state index is -4.65. The normalized spacial score (nSPS) is 12.6. The summed E-state index contributed by atoms with van der Waals surface area (Å²) in [5, 5.41) is 12.2. The Morgan fingerprint density at radius 3 is 2.32 bits per heavy atom. The minimum Gasteiger partial charge on any atom is -0.396 e. The average Bonchev–Trinajstić information content (AvgIpc) is 2.51. The fourth-order valence-corrected chi connectivity index (χ4v) is 3.33. The van der Waals surface area contributed by atoms with Crippen LogP contribution in [-0.2, 0) is 9.84 Å². The number of aliphatic hydroxyl groups is 1. The molecule has 7 heteroatoms. The van der Waals surface area contributed by atoms with Crippen LogP contribution in [0.1, 0.15) is 33.1 Å². The van der Waals surface area contributed by atoms with Crippen LogP contribution in [0.15, 0.2) is 29.2 Å². The first kappa shape index (κ1) is 18.8. The van der Waals surface area contributed by atoms with Gasteiger partial charge in [0, 0.05) is 13.2 Å². The number of rotatable bonds is 9. The smallest absolute Gasteiger partial charge is 0.341 e. The van der Waals surface area contributed by atoms with Gasteiger partial charge in [-0.1, -0.05) is 26.0 Å². The van der Waals surface area contributed by atoms with Gasteiger partial charge in [-0.25, -0.2) is 8.42 Å². The lowest BCUT2D eigenvalue weighted by Gasteiger charge is -2.32. The van der Waals surface area contributed by atoms with E-state index in [0.29, 0.717) is 13.0 Å². The number of hydrogen-bond acceptors (Lipinski definition) is 4. The minimum absolute atomic E-state index is 0.0281. The van der Waals surface area contributed by atoms with E-state index in [9.17, 15) is 22.3 Å². The number of hydrogen-bond donors (Lipinski definition) is 2. The van der Waals surface area contributed by atoms with Crippen LogP contribution >= 0.6 is 0 Å². The van der Waals surface area contributed by atoms with E-state index in [0.717, 1.165) is 12.8 Å². The summed E-state index contributed by atoms with van der Waals surface area (Å²) in [4.78, 5) is -0.393. The van der Waals surface area contributed by atoms with Gasteiger partial charge in [0.25, 0.3) is 0 Å². The van der Waals surface area contributed by atoms with Crippen molar-refractivity contribution in [1.82, 2.24) is 0 Å². The Balaban J connectivity index is 3.05. The van der Waals surface area contributed by atoms with Crippen LogP contribution in [0.5, 0.6) is 0 Å². The van der Waals surface area contributed by atoms with E-state index in [1.807, 2.05) is 13.8 Å². The van der Waals surface area contributed by atoms with Gasteiger partial charge in [0.2, 0.25) is 9.84 Å². The molecule has 0 aromatic heterocycles. The molecule has 0 heterocycles. The Labute approximate surface area is 130 Å². The number of anilines is 1. The van der Waals surface area contributed by atoms with Crippen LogP contribution in [0, 0.1) is 5.41 Å². The Hall–Kier alpha value is -1.21. The Kier molecular flexibility index (Phi) is 6.74. The van der Waals surface area contributed by atoms with Crippen LogP contribution in [0.25, 0.3) is 0 Å². The quantitative estimate of drug-likeness (QED) is 0.727. The van der Waals surface area contributed by atoms with Crippen LogP contribution in [0.4, 0.5) is 14.5 Å². The summed E-state index contributed by atoms with van der Waals surface area (Å²) < 4.78 is 48.9. The van der Waals surface area contributed by atoms with Gasteiger partial charge in [-0.15, -0.1) is 0 Å². The maximum absolute atomic E-state index is 12.8. The number of aliphatic hydroxyl groups excluding tert-OH is 1. The van der Waals surface area contributed by atoms with E-state index in [1.54, 1.807) is 6.07 Å². The van der Waals surface area contributed by atoms with E-state index < -0.39 is 20.5 Å². The lowest BCUT2D eigenvalue weighted by molar-refractivity contribution is 0.179. The Morgan fingerprint density at radius 1 is 1.23 bits per heavy atom. The van der Waals surface area contributed by atoms with E-state index in [-0.39, 0.29) is 17.7 Å². The van der Waals surface area contributed by atoms with Gasteiger partial charge < -0.3 is 10.4 Å². The first-order valence-electron chi connectivity index (χ1n) is 7.29. The van der Waals surface area contributed by atoms with Gasteiger partial charge in [-0.3, -0.25) is 0 Å². The molecule has 4 nitrogen and oxygen atoms in total. The molecule has 22 heavy (non-hydrogen) atoms. The summed E-state index contributed by atoms with van der Waals surface area (Å²) in [6, 6.07) is 5.67. The van der Waals surface area contributed by atoms with Crippen molar-refractivity contribution < 1.29 is 22.3 Å². The molecule has 0 saturated carbocycles. The zero-order valence-electron chi connectivity index (χ0n) is 12.9. The molecular weight excluding hydrogens is 312 g/mol. The molecule has 126 valence electrons. The Bertz CT molecular complexity index is 572. The van der Waals surface area contributed by atoms with Crippen LogP contribution in [-0.4, -0.2) is 32.4 Å². The standard InChI is InChI=1S/C15H23F2NO3S/c1-3-15(4-2,9-10-19)11-18-12-7-5-6-8-13(12)22(20,21)14(16)17/h5-8,14,18-19H,3-4,9-11H2,1-2H3. The molecule has 1 aromatic rings. The molecule has 1 aromatic carbocycles. The van der Waals surface area contributed by atoms with Gasteiger partial charge in [-0.2, -0.15) is 8.78 Å². The maximum Gasteiger partial charge on any atom is 0.341 e. The second-order valence-corrected chi connectivity index (χ2v) is 7.22. The first-order valence-corrected chi connectivity index (χ1v) is 8.83. The molecule has 0 bridgehead atoms. The summed E-state index contributed by atoms with van der Waals surface area (Å²) in [5.74, 6) is -3.45. The molecule has 1 rings (SSSR count). The van der Waals surface area contributed by atoms with E-state index in [2.05, 4.69) is 5.32 Å². The van der Waals surface area contributed by atoms with Crippen molar-refractivity contribution in [2.75, 3.05) is 18.5 Å². The second kappa shape index (κ2) is 7.87. The molecular formula is C15H23F2NO3S. The predicted octanol–water partition coefficient (Wildman–Crippen LogP) is 3.28.